The van der Waals surface area contributed by atoms with Gasteiger partial charge in [-0.2, -0.15) is 0 Å². The van der Waals surface area contributed by atoms with E-state index in [2.05, 4.69) is 36.8 Å². The van der Waals surface area contributed by atoms with E-state index in [0.29, 0.717) is 11.7 Å². The first-order chi connectivity index (χ1) is 10.6. The molecule has 4 heteroatoms. The van der Waals surface area contributed by atoms with E-state index in [1.807, 2.05) is 19.1 Å². The van der Waals surface area contributed by atoms with Crippen molar-refractivity contribution >= 4 is 5.71 Å². The van der Waals surface area contributed by atoms with Gasteiger partial charge in [0, 0.05) is 11.4 Å². The zero-order valence-electron chi connectivity index (χ0n) is 13.9. The Kier molecular flexibility index (Phi) is 8.26. The Labute approximate surface area is 133 Å². The fourth-order valence-electron chi connectivity index (χ4n) is 2.29. The van der Waals surface area contributed by atoms with Crippen molar-refractivity contribution in [2.45, 2.75) is 40.0 Å². The predicted molar refractivity (Wildman–Crippen MR) is 91.3 cm³/mol. The van der Waals surface area contributed by atoms with Crippen LogP contribution in [-0.4, -0.2) is 19.0 Å². The molecule has 1 aliphatic heterocycles. The van der Waals surface area contributed by atoms with Crippen molar-refractivity contribution in [1.82, 2.24) is 5.32 Å². The van der Waals surface area contributed by atoms with Gasteiger partial charge >= 0.3 is 0 Å². The molecule has 0 aliphatic carbocycles. The van der Waals surface area contributed by atoms with E-state index < -0.39 is 6.67 Å². The average Bonchev–Trinajstić information content (AvgIpc) is 2.69. The quantitative estimate of drug-likeness (QED) is 0.523. The van der Waals surface area contributed by atoms with Gasteiger partial charge in [-0.05, 0) is 57.3 Å². The number of alkyl halides is 1. The highest BCUT2D eigenvalue weighted by Crippen LogP contribution is 2.19. The first-order valence-electron chi connectivity index (χ1n) is 7.85. The van der Waals surface area contributed by atoms with Crippen molar-refractivity contribution < 1.29 is 9.13 Å². The summed E-state index contributed by atoms with van der Waals surface area (Å²) in [6.07, 6.45) is 11.0. The topological polar surface area (TPSA) is 33.6 Å². The summed E-state index contributed by atoms with van der Waals surface area (Å²) in [7, 11) is 0. The van der Waals surface area contributed by atoms with Crippen molar-refractivity contribution in [1.29, 1.82) is 0 Å². The maximum absolute atomic E-state index is 12.0. The summed E-state index contributed by atoms with van der Waals surface area (Å²) in [4.78, 5) is 4.68. The minimum absolute atomic E-state index is 0.0365. The fraction of sp³-hybridized carbons (Fsp3) is 0.500. The Balaban J connectivity index is 2.66. The van der Waals surface area contributed by atoms with Crippen LogP contribution in [0.4, 0.5) is 4.39 Å². The average molecular weight is 306 g/mol. The maximum atomic E-state index is 12.0. The zero-order chi connectivity index (χ0) is 16.4. The van der Waals surface area contributed by atoms with Gasteiger partial charge in [0.15, 0.2) is 0 Å². The standard InChI is InChI=1S/C18H27FN2O/c1-5-16-8-7-9-18(20-15(16)4)21-17(6-2)11-10-14(3)22-13-12-19/h6,9-11,16,21H,3,5,7-8,12-13H2,1-2,4H3/b11-10-,17-6+. The largest absolute Gasteiger partial charge is 0.491 e. The molecule has 0 fully saturated rings. The summed E-state index contributed by atoms with van der Waals surface area (Å²) in [5.74, 6) is 1.88. The minimum atomic E-state index is -0.513. The molecular formula is C18H27FN2O. The number of hydrogen-bond acceptors (Lipinski definition) is 3. The monoisotopic (exact) mass is 306 g/mol. The molecule has 1 unspecified atom stereocenters. The third-order valence-corrected chi connectivity index (χ3v) is 3.63. The number of hydrogen-bond donors (Lipinski definition) is 1. The molecule has 0 aromatic carbocycles. The normalized spacial score (nSPS) is 19.5. The Morgan fingerprint density at radius 2 is 2.32 bits per heavy atom. The summed E-state index contributed by atoms with van der Waals surface area (Å²) >= 11 is 0. The molecule has 1 rings (SSSR count). The van der Waals surface area contributed by atoms with Crippen LogP contribution in [0.2, 0.25) is 0 Å². The van der Waals surface area contributed by atoms with E-state index >= 15 is 0 Å². The molecule has 0 spiro atoms. The number of halogens is 1. The molecule has 1 aliphatic rings. The van der Waals surface area contributed by atoms with Crippen molar-refractivity contribution in [3.05, 3.63) is 48.2 Å². The van der Waals surface area contributed by atoms with Gasteiger partial charge in [-0.15, -0.1) is 0 Å². The van der Waals surface area contributed by atoms with Gasteiger partial charge < -0.3 is 10.1 Å². The Morgan fingerprint density at radius 3 is 2.95 bits per heavy atom. The number of allylic oxidation sites excluding steroid dienone is 4. The highest BCUT2D eigenvalue weighted by molar-refractivity contribution is 5.85. The molecule has 22 heavy (non-hydrogen) atoms. The van der Waals surface area contributed by atoms with Crippen LogP contribution in [0.5, 0.6) is 0 Å². The second kappa shape index (κ2) is 9.98. The lowest BCUT2D eigenvalue weighted by Gasteiger charge is -2.11. The third kappa shape index (κ3) is 6.29. The van der Waals surface area contributed by atoms with Crippen molar-refractivity contribution in [3.63, 3.8) is 0 Å². The summed E-state index contributed by atoms with van der Waals surface area (Å²) in [5.41, 5.74) is 2.08. The van der Waals surface area contributed by atoms with Gasteiger partial charge in [0.25, 0.3) is 0 Å². The van der Waals surface area contributed by atoms with Crippen molar-refractivity contribution in [2.75, 3.05) is 13.3 Å². The number of rotatable bonds is 8. The van der Waals surface area contributed by atoms with Crippen LogP contribution in [-0.2, 0) is 4.74 Å². The van der Waals surface area contributed by atoms with Crippen LogP contribution < -0.4 is 5.32 Å². The first-order valence-corrected chi connectivity index (χ1v) is 7.85. The predicted octanol–water partition coefficient (Wildman–Crippen LogP) is 4.66. The van der Waals surface area contributed by atoms with Gasteiger partial charge in [0.1, 0.15) is 24.9 Å². The van der Waals surface area contributed by atoms with Crippen molar-refractivity contribution in [3.8, 4) is 0 Å². The molecule has 0 amide bonds. The zero-order valence-corrected chi connectivity index (χ0v) is 13.9. The molecule has 0 aromatic rings. The third-order valence-electron chi connectivity index (χ3n) is 3.63. The fourth-order valence-corrected chi connectivity index (χ4v) is 2.29. The van der Waals surface area contributed by atoms with Gasteiger partial charge in [-0.25, -0.2) is 9.38 Å². The van der Waals surface area contributed by atoms with E-state index in [-0.39, 0.29) is 6.61 Å². The number of nitrogens with zero attached hydrogens (tertiary/aromatic N) is 1. The molecule has 3 nitrogen and oxygen atoms in total. The smallest absolute Gasteiger partial charge is 0.126 e. The van der Waals surface area contributed by atoms with Crippen molar-refractivity contribution in [2.24, 2.45) is 10.9 Å². The lowest BCUT2D eigenvalue weighted by molar-refractivity contribution is 0.199. The van der Waals surface area contributed by atoms with E-state index in [9.17, 15) is 4.39 Å². The Bertz CT molecular complexity index is 489. The van der Waals surface area contributed by atoms with E-state index in [1.165, 1.54) is 5.71 Å². The maximum Gasteiger partial charge on any atom is 0.126 e. The number of nitrogens with one attached hydrogen (secondary N) is 1. The lowest BCUT2D eigenvalue weighted by atomic mass is 9.96. The molecule has 1 atom stereocenters. The molecular weight excluding hydrogens is 279 g/mol. The highest BCUT2D eigenvalue weighted by Gasteiger charge is 2.13. The molecule has 0 aromatic heterocycles. The second-order valence-corrected chi connectivity index (χ2v) is 5.23. The van der Waals surface area contributed by atoms with Gasteiger partial charge in [0.2, 0.25) is 0 Å². The lowest BCUT2D eigenvalue weighted by Crippen LogP contribution is -2.13. The summed E-state index contributed by atoms with van der Waals surface area (Å²) in [5, 5.41) is 3.31. The SMILES string of the molecule is C=C(/C=C\C(=C/C)NC1=CCCC(CC)C(C)=N1)OCCF. The van der Waals surface area contributed by atoms with Gasteiger partial charge in [-0.1, -0.05) is 19.6 Å². The molecule has 0 saturated heterocycles. The molecule has 122 valence electrons. The van der Waals surface area contributed by atoms with E-state index in [1.54, 1.807) is 6.08 Å². The number of ether oxygens (including phenoxy) is 1. The van der Waals surface area contributed by atoms with Crippen LogP contribution in [0, 0.1) is 5.92 Å². The summed E-state index contributed by atoms with van der Waals surface area (Å²) in [6, 6.07) is 0. The number of aliphatic imine (C=N–C) groups is 1. The van der Waals surface area contributed by atoms with Crippen LogP contribution in [0.1, 0.15) is 40.0 Å². The van der Waals surface area contributed by atoms with Crippen LogP contribution in [0.3, 0.4) is 0 Å². The van der Waals surface area contributed by atoms with Crippen LogP contribution in [0.15, 0.2) is 53.2 Å². The summed E-state index contributed by atoms with van der Waals surface area (Å²) in [6.45, 7) is 9.48. The molecule has 1 heterocycles. The molecule has 0 radical (unpaired) electrons. The Morgan fingerprint density at radius 1 is 1.55 bits per heavy atom. The molecule has 1 N–H and O–H groups in total. The Hall–Kier alpha value is -1.84. The molecule has 0 bridgehead atoms. The van der Waals surface area contributed by atoms with Gasteiger partial charge in [-0.3, -0.25) is 0 Å². The highest BCUT2D eigenvalue weighted by atomic mass is 19.1. The second-order valence-electron chi connectivity index (χ2n) is 5.23. The van der Waals surface area contributed by atoms with E-state index in [0.717, 1.165) is 30.8 Å². The van der Waals surface area contributed by atoms with Crippen LogP contribution in [0.25, 0.3) is 0 Å². The van der Waals surface area contributed by atoms with E-state index in [4.69, 9.17) is 4.74 Å². The minimum Gasteiger partial charge on any atom is -0.491 e. The first kappa shape index (κ1) is 18.2. The van der Waals surface area contributed by atoms with Gasteiger partial charge in [0.05, 0.1) is 0 Å². The molecule has 0 saturated carbocycles. The van der Waals surface area contributed by atoms with Crippen LogP contribution >= 0.6 is 0 Å². The summed E-state index contributed by atoms with van der Waals surface area (Å²) < 4.78 is 17.1.